The second-order valence-corrected chi connectivity index (χ2v) is 70.6. The molecule has 0 atom stereocenters. The molecule has 0 bridgehead atoms. The number of hydrogen-bond donors (Lipinski definition) is 0. The Kier molecular flexibility index (Phi) is 163. The Bertz CT molecular complexity index is 2770. The number of rotatable bonds is 0. The second kappa shape index (κ2) is 123. The molecular formula is C72H144N24S54-12. The van der Waals surface area contributed by atoms with Gasteiger partial charge in [0.25, 0.3) is 0 Å². The van der Waals surface area contributed by atoms with Gasteiger partial charge in [0.2, 0.25) is 0 Å². The third kappa shape index (κ3) is 139. The highest BCUT2D eigenvalue weighted by molar-refractivity contribution is 8.94. The van der Waals surface area contributed by atoms with E-state index in [1.807, 2.05) is 456 Å². The van der Waals surface area contributed by atoms with Crippen LogP contribution in [0.4, 0.5) is 0 Å². The molecule has 0 aromatic heterocycles. The van der Waals surface area contributed by atoms with E-state index < -0.39 is 0 Å². The summed E-state index contributed by atoms with van der Waals surface area (Å²) >= 11 is 122. The lowest BCUT2D eigenvalue weighted by Gasteiger charge is -2.15. The van der Waals surface area contributed by atoms with Crippen LogP contribution in [0.3, 0.4) is 0 Å². The SMILES string of the molecule is CN(C)C(=S)SSC(=S)N(C)C.CN(C)C(=S)SSC(=S)N(C)C.CN(C)C(=S)SSC(=S)N(C)C.CN(C)C(=S)SSC(=S)N(C)C.CN(C)C(=S)SSC(=S)N(C)C.CN(C)C(=S)SSC(=S)N(C)C.CN(C)C(=S)SSC(=S)N(C)C.CN(C)C(=S)SSC(=S)N(C)C.CN(C)C(=S)SSC(=S)N(C)C.CN(C)C(=S)SSC(=S)N(C)C.CN(C)C(=S)SSC(=S)N(C)C.CN(C)C(=S)SSC(=S)N(C)C.[S-2].[S-2].[S-2].[S-2].[S-2].[S-2]. The van der Waals surface area contributed by atoms with Crippen molar-refractivity contribution >= 4 is 737 Å². The van der Waals surface area contributed by atoms with Gasteiger partial charge in [-0.05, 0) is 259 Å². The average molecular weight is 3080 g/mol. The quantitative estimate of drug-likeness (QED) is 0.170. The van der Waals surface area contributed by atoms with E-state index in [1.54, 1.807) is 0 Å². The van der Waals surface area contributed by atoms with E-state index in [-0.39, 0.29) is 81.0 Å². The summed E-state index contributed by atoms with van der Waals surface area (Å²) in [5.74, 6) is 0. The third-order valence-corrected chi connectivity index (χ3v) is 60.9. The first-order chi connectivity index (χ1) is 65.4. The zero-order valence-corrected chi connectivity index (χ0v) is 137. The highest BCUT2D eigenvalue weighted by atomic mass is 33.1. The van der Waals surface area contributed by atoms with Crippen molar-refractivity contribution in [2.75, 3.05) is 338 Å². The lowest BCUT2D eigenvalue weighted by atomic mass is 11.0. The summed E-state index contributed by atoms with van der Waals surface area (Å²) < 4.78 is 20.1. The van der Waals surface area contributed by atoms with Crippen molar-refractivity contribution in [3.05, 3.63) is 0 Å². The normalized spacial score (nSPS) is 8.96. The van der Waals surface area contributed by atoms with Crippen molar-refractivity contribution in [3.8, 4) is 0 Å². The molecule has 0 heterocycles. The molecule has 0 aromatic rings. The summed E-state index contributed by atoms with van der Waals surface area (Å²) in [4.78, 5) is 45.5. The van der Waals surface area contributed by atoms with Crippen LogP contribution in [0.1, 0.15) is 0 Å². The van der Waals surface area contributed by atoms with E-state index in [1.165, 1.54) is 259 Å². The molecular weight excluding hydrogens is 2930 g/mol. The molecule has 0 aromatic carbocycles. The maximum atomic E-state index is 5.07. The third-order valence-electron chi connectivity index (χ3n) is 11.0. The van der Waals surface area contributed by atoms with E-state index in [4.69, 9.17) is 293 Å². The fraction of sp³-hybridized carbons (Fsp3) is 0.667. The Balaban J connectivity index is -0.0000000789. The molecule has 0 saturated heterocycles. The molecule has 0 unspecified atom stereocenters. The predicted octanol–water partition coefficient (Wildman–Crippen LogP) is 24.7. The zero-order valence-electron chi connectivity index (χ0n) is 92.8. The summed E-state index contributed by atoms with van der Waals surface area (Å²) in [6, 6.07) is 0. The Hall–Kier alpha value is 7.86. The highest BCUT2D eigenvalue weighted by Crippen LogP contribution is 2.35. The molecule has 0 aliphatic rings. The lowest BCUT2D eigenvalue weighted by Crippen LogP contribution is -2.18. The van der Waals surface area contributed by atoms with Crippen LogP contribution in [-0.4, -0.2) is 560 Å². The summed E-state index contributed by atoms with van der Waals surface area (Å²) in [6.45, 7) is 0. The highest BCUT2D eigenvalue weighted by Gasteiger charge is 2.16. The van der Waals surface area contributed by atoms with Crippen LogP contribution in [0.25, 0.3) is 0 Å². The van der Waals surface area contributed by atoms with Gasteiger partial charge in [0, 0.05) is 338 Å². The fourth-order valence-electron chi connectivity index (χ4n) is 2.64. The Morgan fingerprint density at radius 2 is 0.0933 bits per heavy atom. The Morgan fingerprint density at radius 1 is 0.0733 bits per heavy atom. The van der Waals surface area contributed by atoms with Crippen LogP contribution in [0.5, 0.6) is 0 Å². The van der Waals surface area contributed by atoms with E-state index in [9.17, 15) is 0 Å². The minimum atomic E-state index is 0. The lowest BCUT2D eigenvalue weighted by molar-refractivity contribution is 0.647. The molecule has 0 rings (SSSR count). The molecule has 0 spiro atoms. The minimum Gasteiger partial charge on any atom is -2.00 e. The molecule has 888 valence electrons. The van der Waals surface area contributed by atoms with Crippen LogP contribution in [0.15, 0.2) is 0 Å². The van der Waals surface area contributed by atoms with Crippen molar-refractivity contribution in [2.24, 2.45) is 0 Å². The van der Waals surface area contributed by atoms with Crippen molar-refractivity contribution in [1.29, 1.82) is 0 Å². The van der Waals surface area contributed by atoms with Crippen LogP contribution >= 0.6 is 552 Å². The standard InChI is InChI=1S/12C6H12N2S4.6S/c12*1-7(2)5(9)11-12-6(10)8(3)4;;;;;;/h12*1-4H3;;;;;;/q;;;;;;;;;;;;6*-2. The molecule has 24 nitrogen and oxygen atoms in total. The van der Waals surface area contributed by atoms with Crippen LogP contribution in [0, 0.1) is 0 Å². The van der Waals surface area contributed by atoms with Crippen molar-refractivity contribution in [1.82, 2.24) is 118 Å². The van der Waals surface area contributed by atoms with Gasteiger partial charge in [-0.25, -0.2) is 0 Å². The maximum absolute atomic E-state index is 5.07. The number of thiocarbonyl (C=S) groups is 24. The van der Waals surface area contributed by atoms with Crippen molar-refractivity contribution in [2.45, 2.75) is 0 Å². The van der Waals surface area contributed by atoms with Gasteiger partial charge in [0.1, 0.15) is 104 Å². The first-order valence-corrected chi connectivity index (χ1v) is 74.2. The minimum absolute atomic E-state index is 0. The maximum Gasteiger partial charge on any atom is 0.146 e. The van der Waals surface area contributed by atoms with Gasteiger partial charge in [-0.3, -0.25) is 0 Å². The molecule has 0 fully saturated rings. The predicted molar refractivity (Wildman–Crippen MR) is 857 cm³/mol. The van der Waals surface area contributed by atoms with Crippen LogP contribution in [0.2, 0.25) is 0 Å². The first-order valence-electron chi connectivity index (χ1n) is 38.6. The Morgan fingerprint density at radius 3 is 0.107 bits per heavy atom. The summed E-state index contributed by atoms with van der Waals surface area (Å²) in [6.07, 6.45) is 0. The molecule has 0 amide bonds. The van der Waals surface area contributed by atoms with Gasteiger partial charge in [-0.2, -0.15) is 0 Å². The van der Waals surface area contributed by atoms with Gasteiger partial charge in [0.15, 0.2) is 0 Å². The zero-order chi connectivity index (χ0) is 117. The van der Waals surface area contributed by atoms with Crippen LogP contribution < -0.4 is 0 Å². The summed E-state index contributed by atoms with van der Waals surface area (Å²) in [7, 11) is 129. The van der Waals surface area contributed by atoms with Crippen molar-refractivity contribution in [3.63, 3.8) is 0 Å². The largest absolute Gasteiger partial charge is 2.00 e. The molecule has 0 aliphatic carbocycles. The van der Waals surface area contributed by atoms with E-state index in [2.05, 4.69) is 0 Å². The van der Waals surface area contributed by atoms with E-state index in [0.717, 1.165) is 104 Å². The number of nitrogens with zero attached hydrogens (tertiary/aromatic N) is 24. The van der Waals surface area contributed by atoms with Crippen molar-refractivity contribution < 1.29 is 0 Å². The summed E-state index contributed by atoms with van der Waals surface area (Å²) in [5.41, 5.74) is 0. The fourth-order valence-corrected chi connectivity index (χ4v) is 31.1. The van der Waals surface area contributed by atoms with Gasteiger partial charge in [-0.1, -0.05) is 293 Å². The topological polar surface area (TPSA) is 77.8 Å². The van der Waals surface area contributed by atoms with E-state index in [0.29, 0.717) is 0 Å². The summed E-state index contributed by atoms with van der Waals surface area (Å²) in [5, 5.41) is 0. The van der Waals surface area contributed by atoms with E-state index >= 15 is 0 Å². The molecule has 0 N–H and O–H groups in total. The van der Waals surface area contributed by atoms with Crippen LogP contribution in [-0.2, 0) is 81.0 Å². The molecule has 78 heteroatoms. The molecule has 0 saturated carbocycles. The second-order valence-electron chi connectivity index (χ2n) is 29.8. The first kappa shape index (κ1) is 199. The smallest absolute Gasteiger partial charge is 0.146 e. The molecule has 0 aliphatic heterocycles. The van der Waals surface area contributed by atoms with Gasteiger partial charge in [0.05, 0.1) is 0 Å². The molecule has 150 heavy (non-hydrogen) atoms. The van der Waals surface area contributed by atoms with Gasteiger partial charge in [-0.15, -0.1) is 0 Å². The molecule has 0 radical (unpaired) electrons. The number of hydrogen-bond acceptors (Lipinski definition) is 48. The van der Waals surface area contributed by atoms with Gasteiger partial charge >= 0.3 is 0 Å². The van der Waals surface area contributed by atoms with Gasteiger partial charge < -0.3 is 199 Å². The Labute approximate surface area is 1170 Å². The monoisotopic (exact) mass is 3070 g/mol. The average Bonchev–Trinajstić information content (AvgIpc) is 1.02.